The summed E-state index contributed by atoms with van der Waals surface area (Å²) in [4.78, 5) is 8.85. The molecule has 5 nitrogen and oxygen atoms in total. The Balaban J connectivity index is 1.58. The van der Waals surface area contributed by atoms with Gasteiger partial charge in [0.1, 0.15) is 11.6 Å². The summed E-state index contributed by atoms with van der Waals surface area (Å²) in [5.74, 6) is 1.17. The van der Waals surface area contributed by atoms with Crippen LogP contribution in [0.2, 0.25) is 0 Å². The van der Waals surface area contributed by atoms with Crippen LogP contribution >= 0.6 is 0 Å². The van der Waals surface area contributed by atoms with Gasteiger partial charge in [0.2, 0.25) is 0 Å². The number of methoxy groups -OCH3 is 1. The van der Waals surface area contributed by atoms with Crippen molar-refractivity contribution in [1.82, 2.24) is 4.90 Å². The van der Waals surface area contributed by atoms with Crippen molar-refractivity contribution in [3.63, 3.8) is 0 Å². The van der Waals surface area contributed by atoms with E-state index < -0.39 is 0 Å². The number of aliphatic imine (C=N–C) groups is 1. The van der Waals surface area contributed by atoms with Crippen molar-refractivity contribution in [3.8, 4) is 5.75 Å². The predicted molar refractivity (Wildman–Crippen MR) is 103 cm³/mol. The molecule has 2 aromatic rings. The van der Waals surface area contributed by atoms with Crippen LogP contribution in [0.1, 0.15) is 11.1 Å². The number of piperazine rings is 1. The van der Waals surface area contributed by atoms with Gasteiger partial charge in [0.15, 0.2) is 5.96 Å². The topological polar surface area (TPSA) is 54.1 Å². The van der Waals surface area contributed by atoms with Crippen LogP contribution in [-0.2, 0) is 6.54 Å². The fourth-order valence-corrected chi connectivity index (χ4v) is 3.09. The maximum absolute atomic E-state index is 13.1. The molecule has 1 aliphatic rings. The Morgan fingerprint density at radius 3 is 2.46 bits per heavy atom. The molecule has 6 heteroatoms. The third-order valence-corrected chi connectivity index (χ3v) is 4.65. The zero-order valence-electron chi connectivity index (χ0n) is 15.3. The summed E-state index contributed by atoms with van der Waals surface area (Å²) in [6.45, 7) is 5.76. The molecule has 1 heterocycles. The number of aryl methyl sites for hydroxylation is 1. The van der Waals surface area contributed by atoms with E-state index in [2.05, 4.69) is 14.8 Å². The molecule has 0 unspecified atom stereocenters. The first-order valence-corrected chi connectivity index (χ1v) is 8.75. The molecule has 2 aromatic carbocycles. The summed E-state index contributed by atoms with van der Waals surface area (Å²) < 4.78 is 18.5. The van der Waals surface area contributed by atoms with Crippen LogP contribution in [0.3, 0.4) is 0 Å². The molecule has 0 aromatic heterocycles. The van der Waals surface area contributed by atoms with Gasteiger partial charge in [-0.1, -0.05) is 12.1 Å². The molecular weight excluding hydrogens is 331 g/mol. The largest absolute Gasteiger partial charge is 0.496 e. The first kappa shape index (κ1) is 18.0. The van der Waals surface area contributed by atoms with Crippen LogP contribution < -0.4 is 15.4 Å². The SMILES string of the molecule is COc1cc(C)ccc1CN=C(N)N1CCN(c2ccc(F)cc2)CC1. The van der Waals surface area contributed by atoms with Crippen LogP contribution in [0.15, 0.2) is 47.5 Å². The van der Waals surface area contributed by atoms with Crippen molar-refractivity contribution in [2.75, 3.05) is 38.2 Å². The third kappa shape index (κ3) is 4.25. The summed E-state index contributed by atoms with van der Waals surface area (Å²) in [5.41, 5.74) is 9.39. The van der Waals surface area contributed by atoms with E-state index in [4.69, 9.17) is 10.5 Å². The average molecular weight is 356 g/mol. The molecular formula is C20H25FN4O. The lowest BCUT2D eigenvalue weighted by molar-refractivity contribution is 0.380. The number of nitrogens with zero attached hydrogens (tertiary/aromatic N) is 3. The summed E-state index contributed by atoms with van der Waals surface area (Å²) in [6, 6.07) is 12.7. The Kier molecular flexibility index (Phi) is 5.61. The number of hydrogen-bond acceptors (Lipinski definition) is 3. The molecule has 0 spiro atoms. The minimum atomic E-state index is -0.213. The molecule has 26 heavy (non-hydrogen) atoms. The summed E-state index contributed by atoms with van der Waals surface area (Å²) in [5, 5.41) is 0. The highest BCUT2D eigenvalue weighted by molar-refractivity contribution is 5.78. The fourth-order valence-electron chi connectivity index (χ4n) is 3.09. The molecule has 138 valence electrons. The molecule has 2 N–H and O–H groups in total. The van der Waals surface area contributed by atoms with Crippen LogP contribution in [0.4, 0.5) is 10.1 Å². The van der Waals surface area contributed by atoms with Crippen molar-refractivity contribution in [3.05, 3.63) is 59.4 Å². The van der Waals surface area contributed by atoms with Crippen LogP contribution in [0, 0.1) is 12.7 Å². The summed E-state index contributed by atoms with van der Waals surface area (Å²) >= 11 is 0. The monoisotopic (exact) mass is 356 g/mol. The van der Waals surface area contributed by atoms with Gasteiger partial charge in [0, 0.05) is 37.4 Å². The number of ether oxygens (including phenoxy) is 1. The lowest BCUT2D eigenvalue weighted by Gasteiger charge is -2.36. The van der Waals surface area contributed by atoms with Crippen molar-refractivity contribution in [1.29, 1.82) is 0 Å². The Labute approximate surface area is 153 Å². The molecule has 0 bridgehead atoms. The predicted octanol–water partition coefficient (Wildman–Crippen LogP) is 2.78. The van der Waals surface area contributed by atoms with E-state index in [0.29, 0.717) is 12.5 Å². The van der Waals surface area contributed by atoms with Crippen molar-refractivity contribution < 1.29 is 9.13 Å². The highest BCUT2D eigenvalue weighted by atomic mass is 19.1. The van der Waals surface area contributed by atoms with Crippen molar-refractivity contribution in [2.45, 2.75) is 13.5 Å². The van der Waals surface area contributed by atoms with Gasteiger partial charge in [-0.2, -0.15) is 0 Å². The molecule has 0 aliphatic carbocycles. The van der Waals surface area contributed by atoms with E-state index in [1.54, 1.807) is 7.11 Å². The Morgan fingerprint density at radius 1 is 1.12 bits per heavy atom. The molecule has 0 saturated carbocycles. The van der Waals surface area contributed by atoms with E-state index in [1.165, 1.54) is 12.1 Å². The highest BCUT2D eigenvalue weighted by Gasteiger charge is 2.18. The highest BCUT2D eigenvalue weighted by Crippen LogP contribution is 2.21. The van der Waals surface area contributed by atoms with Crippen molar-refractivity contribution in [2.24, 2.45) is 10.7 Å². The molecule has 0 amide bonds. The smallest absolute Gasteiger partial charge is 0.191 e. The third-order valence-electron chi connectivity index (χ3n) is 4.65. The second kappa shape index (κ2) is 8.08. The number of anilines is 1. The van der Waals surface area contributed by atoms with Crippen molar-refractivity contribution >= 4 is 11.6 Å². The summed E-state index contributed by atoms with van der Waals surface area (Å²) in [6.07, 6.45) is 0. The zero-order chi connectivity index (χ0) is 18.5. The normalized spacial score (nSPS) is 15.3. The summed E-state index contributed by atoms with van der Waals surface area (Å²) in [7, 11) is 1.67. The minimum Gasteiger partial charge on any atom is -0.496 e. The molecule has 1 aliphatic heterocycles. The number of rotatable bonds is 4. The first-order chi connectivity index (χ1) is 12.6. The van der Waals surface area contributed by atoms with E-state index in [-0.39, 0.29) is 5.82 Å². The lowest BCUT2D eigenvalue weighted by atomic mass is 10.1. The first-order valence-electron chi connectivity index (χ1n) is 8.75. The van der Waals surface area contributed by atoms with Gasteiger partial charge < -0.3 is 20.3 Å². The van der Waals surface area contributed by atoms with E-state index >= 15 is 0 Å². The van der Waals surface area contributed by atoms with Crippen LogP contribution in [-0.4, -0.2) is 44.1 Å². The molecule has 3 rings (SSSR count). The molecule has 0 radical (unpaired) electrons. The average Bonchev–Trinajstić information content (AvgIpc) is 2.67. The van der Waals surface area contributed by atoms with E-state index in [9.17, 15) is 4.39 Å². The molecule has 1 fully saturated rings. The molecule has 0 atom stereocenters. The number of hydrogen-bond donors (Lipinski definition) is 1. The van der Waals surface area contributed by atoms with Gasteiger partial charge in [-0.3, -0.25) is 0 Å². The number of nitrogens with two attached hydrogens (primary N) is 1. The number of guanidine groups is 1. The van der Waals surface area contributed by atoms with Gasteiger partial charge in [-0.15, -0.1) is 0 Å². The Morgan fingerprint density at radius 2 is 1.81 bits per heavy atom. The minimum absolute atomic E-state index is 0.213. The zero-order valence-corrected chi connectivity index (χ0v) is 15.3. The Hall–Kier alpha value is -2.76. The maximum atomic E-state index is 13.1. The van der Waals surface area contributed by atoms with E-state index in [1.807, 2.05) is 37.3 Å². The lowest BCUT2D eigenvalue weighted by Crippen LogP contribution is -2.51. The second-order valence-electron chi connectivity index (χ2n) is 6.44. The van der Waals surface area contributed by atoms with Gasteiger partial charge in [-0.25, -0.2) is 9.38 Å². The van der Waals surface area contributed by atoms with Crippen LogP contribution in [0.25, 0.3) is 0 Å². The number of benzene rings is 2. The standard InChI is InChI=1S/C20H25FN4O/c1-15-3-4-16(19(13-15)26-2)14-23-20(22)25-11-9-24(10-12-25)18-7-5-17(21)6-8-18/h3-8,13H,9-12,14H2,1-2H3,(H2,22,23). The number of halogens is 1. The quantitative estimate of drug-likeness (QED) is 0.676. The molecule has 1 saturated heterocycles. The van der Waals surface area contributed by atoms with Gasteiger partial charge in [0.05, 0.1) is 13.7 Å². The van der Waals surface area contributed by atoms with E-state index in [0.717, 1.165) is 48.7 Å². The van der Waals surface area contributed by atoms with Gasteiger partial charge >= 0.3 is 0 Å². The van der Waals surface area contributed by atoms with Gasteiger partial charge in [-0.05, 0) is 42.8 Å². The Bertz CT molecular complexity index is 768. The van der Waals surface area contributed by atoms with Gasteiger partial charge in [0.25, 0.3) is 0 Å². The fraction of sp³-hybridized carbons (Fsp3) is 0.350. The maximum Gasteiger partial charge on any atom is 0.191 e. The van der Waals surface area contributed by atoms with Crippen LogP contribution in [0.5, 0.6) is 5.75 Å². The second-order valence-corrected chi connectivity index (χ2v) is 6.44.